The highest BCUT2D eigenvalue weighted by molar-refractivity contribution is 7.92. The number of rotatable bonds is 5. The fraction of sp³-hybridized carbons (Fsp3) is 0.583. The first kappa shape index (κ1) is 28.9. The summed E-state index contributed by atoms with van der Waals surface area (Å²) in [5, 5.41) is 1.66. The van der Waals surface area contributed by atoms with E-state index in [2.05, 4.69) is 9.97 Å². The minimum Gasteiger partial charge on any atom is -0.616 e. The second-order valence-corrected chi connectivity index (χ2v) is 13.0. The number of thiazole rings is 1. The molecular formula is C24H25F6N5O3S2. The van der Waals surface area contributed by atoms with E-state index < -0.39 is 58.8 Å². The highest BCUT2D eigenvalue weighted by Gasteiger charge is 2.58. The Morgan fingerprint density at radius 3 is 2.48 bits per heavy atom. The van der Waals surface area contributed by atoms with E-state index in [1.165, 1.54) is 9.80 Å². The van der Waals surface area contributed by atoms with Gasteiger partial charge in [-0.05, 0) is 32.3 Å². The van der Waals surface area contributed by atoms with Crippen molar-refractivity contribution in [1.82, 2.24) is 19.8 Å². The van der Waals surface area contributed by atoms with Gasteiger partial charge < -0.3 is 19.7 Å². The Morgan fingerprint density at radius 2 is 1.88 bits per heavy atom. The summed E-state index contributed by atoms with van der Waals surface area (Å²) in [6.07, 6.45) is -6.66. The van der Waals surface area contributed by atoms with Crippen molar-refractivity contribution in [1.29, 1.82) is 0 Å². The van der Waals surface area contributed by atoms with Gasteiger partial charge in [-0.25, -0.2) is 9.97 Å². The lowest BCUT2D eigenvalue weighted by Gasteiger charge is -2.54. The first-order valence-corrected chi connectivity index (χ1v) is 14.8. The molecule has 2 aromatic heterocycles. The lowest BCUT2D eigenvalue weighted by Crippen LogP contribution is -2.69. The number of hydrogen-bond acceptors (Lipinski definition) is 7. The molecule has 1 spiro atoms. The molecule has 3 fully saturated rings. The van der Waals surface area contributed by atoms with Gasteiger partial charge in [0.2, 0.25) is 0 Å². The third kappa shape index (κ3) is 5.75. The largest absolute Gasteiger partial charge is 0.616 e. The van der Waals surface area contributed by atoms with Crippen LogP contribution in [0.15, 0.2) is 12.3 Å². The normalized spacial score (nSPS) is 21.2. The first-order valence-electron chi connectivity index (χ1n) is 12.5. The topological polar surface area (TPSA) is 101 Å². The molecule has 0 radical (unpaired) electrons. The van der Waals surface area contributed by atoms with Gasteiger partial charge in [0.05, 0.1) is 15.9 Å². The van der Waals surface area contributed by atoms with Crippen LogP contribution in [-0.4, -0.2) is 86.0 Å². The zero-order valence-corrected chi connectivity index (χ0v) is 22.8. The van der Waals surface area contributed by atoms with Crippen molar-refractivity contribution in [3.63, 3.8) is 0 Å². The van der Waals surface area contributed by atoms with Crippen molar-refractivity contribution < 1.29 is 40.5 Å². The summed E-state index contributed by atoms with van der Waals surface area (Å²) in [4.78, 5) is 37.6. The molecular weight excluding hydrogens is 584 g/mol. The molecule has 3 saturated heterocycles. The number of nitrogens with zero attached hydrogens (tertiary/aromatic N) is 4. The van der Waals surface area contributed by atoms with Crippen LogP contribution in [0, 0.1) is 5.41 Å². The van der Waals surface area contributed by atoms with Gasteiger partial charge >= 0.3 is 12.4 Å². The zero-order chi connectivity index (χ0) is 29.0. The van der Waals surface area contributed by atoms with E-state index in [4.69, 9.17) is 0 Å². The number of pyridine rings is 1. The van der Waals surface area contributed by atoms with E-state index in [-0.39, 0.29) is 27.0 Å². The van der Waals surface area contributed by atoms with Gasteiger partial charge in [-0.2, -0.15) is 26.3 Å². The fourth-order valence-electron chi connectivity index (χ4n) is 5.30. The van der Waals surface area contributed by atoms with Crippen molar-refractivity contribution >= 4 is 40.1 Å². The molecule has 1 atom stereocenters. The SMILES string of the molecule is CC1CCCCN1C(=O)c1nc(C(=O)N2CC3(C2)C[S+]([O-])C3)sc1-c1cnc(NCC(F)(F)F)cc1C(F)(F)F. The smallest absolute Gasteiger partial charge is 0.417 e. The average Bonchev–Trinajstić information content (AvgIpc) is 3.28. The van der Waals surface area contributed by atoms with E-state index in [1.807, 2.05) is 12.2 Å². The number of nitrogens with one attached hydrogen (secondary N) is 1. The Kier molecular flexibility index (Phi) is 7.48. The van der Waals surface area contributed by atoms with Crippen LogP contribution in [0.25, 0.3) is 10.4 Å². The van der Waals surface area contributed by atoms with Crippen LogP contribution < -0.4 is 5.32 Å². The maximum absolute atomic E-state index is 14.2. The van der Waals surface area contributed by atoms with Crippen LogP contribution in [-0.2, 0) is 17.4 Å². The molecule has 0 aliphatic carbocycles. The molecule has 0 saturated carbocycles. The van der Waals surface area contributed by atoms with Gasteiger partial charge in [-0.3, -0.25) is 9.59 Å². The zero-order valence-electron chi connectivity index (χ0n) is 21.2. The molecule has 5 heterocycles. The van der Waals surface area contributed by atoms with Crippen LogP contribution in [0.2, 0.25) is 0 Å². The number of hydrogen-bond donors (Lipinski definition) is 1. The number of anilines is 1. The Labute approximate surface area is 232 Å². The van der Waals surface area contributed by atoms with E-state index in [1.54, 1.807) is 0 Å². The van der Waals surface area contributed by atoms with Crippen LogP contribution in [0.1, 0.15) is 52.0 Å². The lowest BCUT2D eigenvalue weighted by atomic mass is 9.83. The van der Waals surface area contributed by atoms with Crippen molar-refractivity contribution in [2.45, 2.75) is 44.6 Å². The Balaban J connectivity index is 1.52. The molecule has 5 rings (SSSR count). The molecule has 0 bridgehead atoms. The van der Waals surface area contributed by atoms with E-state index in [0.29, 0.717) is 61.4 Å². The van der Waals surface area contributed by atoms with Gasteiger partial charge in [-0.15, -0.1) is 11.3 Å². The second-order valence-electron chi connectivity index (χ2n) is 10.5. The Bertz CT molecular complexity index is 1300. The van der Waals surface area contributed by atoms with Crippen LogP contribution in [0.5, 0.6) is 0 Å². The summed E-state index contributed by atoms with van der Waals surface area (Å²) in [5.74, 6) is -0.863. The third-order valence-electron chi connectivity index (χ3n) is 7.27. The summed E-state index contributed by atoms with van der Waals surface area (Å²) in [6, 6.07) is 0.259. The summed E-state index contributed by atoms with van der Waals surface area (Å²) >= 11 is -0.300. The molecule has 218 valence electrons. The maximum atomic E-state index is 14.2. The van der Waals surface area contributed by atoms with Crippen LogP contribution >= 0.6 is 11.3 Å². The number of amides is 2. The molecule has 2 amide bonds. The standard InChI is InChI=1S/C24H25F6N5O3S2/c1-13-4-2-3-5-35(13)20(36)17-18(39-19(33-17)21(37)34-9-22(10-34)11-40(38)12-22)14-7-31-16(32-8-23(25,26)27)6-15(14)24(28,29)30/h6-7,13H,2-5,8-12H2,1H3,(H,31,32). The third-order valence-corrected chi connectivity index (χ3v) is 10.2. The quantitative estimate of drug-likeness (QED) is 0.398. The van der Waals surface area contributed by atoms with Crippen molar-refractivity contribution in [2.24, 2.45) is 5.41 Å². The molecule has 0 aromatic carbocycles. The number of aromatic nitrogens is 2. The van der Waals surface area contributed by atoms with E-state index >= 15 is 0 Å². The second kappa shape index (κ2) is 10.4. The summed E-state index contributed by atoms with van der Waals surface area (Å²) in [6.45, 7) is 1.29. The number of carbonyl (C=O) groups is 2. The molecule has 1 unspecified atom stereocenters. The van der Waals surface area contributed by atoms with Crippen molar-refractivity contribution in [3.8, 4) is 10.4 Å². The summed E-state index contributed by atoms with van der Waals surface area (Å²) < 4.78 is 91.9. The Morgan fingerprint density at radius 1 is 1.18 bits per heavy atom. The summed E-state index contributed by atoms with van der Waals surface area (Å²) in [5.41, 5.74) is -2.40. The number of alkyl halides is 6. The highest BCUT2D eigenvalue weighted by Crippen LogP contribution is 2.44. The predicted molar refractivity (Wildman–Crippen MR) is 135 cm³/mol. The van der Waals surface area contributed by atoms with Crippen LogP contribution in [0.4, 0.5) is 32.2 Å². The first-order chi connectivity index (χ1) is 18.7. The molecule has 3 aliphatic rings. The highest BCUT2D eigenvalue weighted by atomic mass is 32.2. The van der Waals surface area contributed by atoms with Gasteiger partial charge in [0.25, 0.3) is 11.8 Å². The average molecular weight is 610 g/mol. The van der Waals surface area contributed by atoms with Crippen molar-refractivity contribution in [3.05, 3.63) is 28.5 Å². The van der Waals surface area contributed by atoms with E-state index in [0.717, 1.165) is 12.6 Å². The van der Waals surface area contributed by atoms with Crippen LogP contribution in [0.3, 0.4) is 0 Å². The molecule has 16 heteroatoms. The van der Waals surface area contributed by atoms with Gasteiger partial charge in [0.15, 0.2) is 5.01 Å². The predicted octanol–water partition coefficient (Wildman–Crippen LogP) is 4.42. The van der Waals surface area contributed by atoms with E-state index in [9.17, 15) is 40.5 Å². The molecule has 40 heavy (non-hydrogen) atoms. The molecule has 3 aliphatic heterocycles. The fourth-order valence-corrected chi connectivity index (χ4v) is 7.99. The molecule has 8 nitrogen and oxygen atoms in total. The minimum atomic E-state index is -5.01. The number of piperidine rings is 1. The summed E-state index contributed by atoms with van der Waals surface area (Å²) in [7, 11) is 0. The molecule has 1 N–H and O–H groups in total. The van der Waals surface area contributed by atoms with Gasteiger partial charge in [-0.1, -0.05) is 11.2 Å². The lowest BCUT2D eigenvalue weighted by molar-refractivity contribution is -0.137. The van der Waals surface area contributed by atoms with Crippen molar-refractivity contribution in [2.75, 3.05) is 43.0 Å². The van der Waals surface area contributed by atoms with Gasteiger partial charge in [0.1, 0.15) is 29.6 Å². The van der Waals surface area contributed by atoms with Gasteiger partial charge in [0, 0.05) is 37.4 Å². The monoisotopic (exact) mass is 609 g/mol. The Hall–Kier alpha value is -2.59. The number of carbonyl (C=O) groups excluding carboxylic acids is 2. The molecule has 2 aromatic rings. The number of likely N-dealkylation sites (tertiary alicyclic amines) is 2. The number of halogens is 6. The minimum absolute atomic E-state index is 0.175. The maximum Gasteiger partial charge on any atom is 0.417 e.